The molecule has 18 heavy (non-hydrogen) atoms. The van der Waals surface area contributed by atoms with Crippen LogP contribution in [-0.4, -0.2) is 29.1 Å². The molecule has 1 amide bonds. The largest absolute Gasteiger partial charge is 0.481 e. The van der Waals surface area contributed by atoms with E-state index in [1.165, 1.54) is 0 Å². The summed E-state index contributed by atoms with van der Waals surface area (Å²) in [6.07, 6.45) is -0.771. The third kappa shape index (κ3) is 4.86. The van der Waals surface area contributed by atoms with Crippen molar-refractivity contribution in [2.45, 2.75) is 32.4 Å². The molecule has 0 aliphatic rings. The zero-order chi connectivity index (χ0) is 13.5. The highest BCUT2D eigenvalue weighted by Crippen LogP contribution is 2.10. The van der Waals surface area contributed by atoms with Gasteiger partial charge in [0.1, 0.15) is 5.75 Å². The molecule has 1 aromatic carbocycles. The molecule has 0 bridgehead atoms. The van der Waals surface area contributed by atoms with Crippen molar-refractivity contribution in [1.82, 2.24) is 5.32 Å². The van der Waals surface area contributed by atoms with Crippen molar-refractivity contribution >= 4 is 11.9 Å². The highest BCUT2D eigenvalue weighted by Gasteiger charge is 2.17. The second-order valence-electron chi connectivity index (χ2n) is 4.08. The van der Waals surface area contributed by atoms with Gasteiger partial charge in [0, 0.05) is 6.04 Å². The number of aliphatic carboxylic acids is 1. The van der Waals surface area contributed by atoms with E-state index >= 15 is 0 Å². The Morgan fingerprint density at radius 1 is 1.28 bits per heavy atom. The summed E-state index contributed by atoms with van der Waals surface area (Å²) in [7, 11) is 0. The SMILES string of the molecule is CC(CC(=O)O)NC(=O)C(C)Oc1ccccc1. The summed E-state index contributed by atoms with van der Waals surface area (Å²) in [5.74, 6) is -0.668. The minimum absolute atomic E-state index is 0.107. The van der Waals surface area contributed by atoms with E-state index in [1.807, 2.05) is 18.2 Å². The van der Waals surface area contributed by atoms with Crippen molar-refractivity contribution in [2.24, 2.45) is 0 Å². The first kappa shape index (κ1) is 14.0. The number of benzene rings is 1. The van der Waals surface area contributed by atoms with Crippen LogP contribution in [0.2, 0.25) is 0 Å². The van der Waals surface area contributed by atoms with E-state index in [2.05, 4.69) is 5.32 Å². The van der Waals surface area contributed by atoms with Crippen LogP contribution in [0.3, 0.4) is 0 Å². The lowest BCUT2D eigenvalue weighted by Crippen LogP contribution is -2.42. The summed E-state index contributed by atoms with van der Waals surface area (Å²) < 4.78 is 5.42. The highest BCUT2D eigenvalue weighted by atomic mass is 16.5. The number of para-hydroxylation sites is 1. The molecule has 0 heterocycles. The van der Waals surface area contributed by atoms with Gasteiger partial charge in [0.2, 0.25) is 0 Å². The number of ether oxygens (including phenoxy) is 1. The number of hydrogen-bond donors (Lipinski definition) is 2. The van der Waals surface area contributed by atoms with E-state index in [1.54, 1.807) is 26.0 Å². The quantitative estimate of drug-likeness (QED) is 0.802. The summed E-state index contributed by atoms with van der Waals surface area (Å²) in [4.78, 5) is 22.2. The van der Waals surface area contributed by atoms with Crippen LogP contribution in [0.25, 0.3) is 0 Å². The first-order valence-electron chi connectivity index (χ1n) is 5.73. The van der Waals surface area contributed by atoms with Crippen molar-refractivity contribution in [1.29, 1.82) is 0 Å². The van der Waals surface area contributed by atoms with E-state index in [9.17, 15) is 9.59 Å². The number of carbonyl (C=O) groups is 2. The van der Waals surface area contributed by atoms with Gasteiger partial charge >= 0.3 is 5.97 Å². The number of carbonyl (C=O) groups excluding carboxylic acids is 1. The average molecular weight is 251 g/mol. The van der Waals surface area contributed by atoms with Gasteiger partial charge in [0.15, 0.2) is 6.10 Å². The Hall–Kier alpha value is -2.04. The van der Waals surface area contributed by atoms with Gasteiger partial charge in [-0.1, -0.05) is 18.2 Å². The Labute approximate surface area is 106 Å². The molecule has 1 rings (SSSR count). The number of rotatable bonds is 6. The molecule has 2 unspecified atom stereocenters. The minimum atomic E-state index is -0.945. The molecule has 5 nitrogen and oxygen atoms in total. The summed E-state index contributed by atoms with van der Waals surface area (Å²) in [5.41, 5.74) is 0. The first-order valence-corrected chi connectivity index (χ1v) is 5.73. The molecular weight excluding hydrogens is 234 g/mol. The van der Waals surface area contributed by atoms with Gasteiger partial charge in [-0.3, -0.25) is 9.59 Å². The van der Waals surface area contributed by atoms with E-state index < -0.39 is 18.1 Å². The molecule has 98 valence electrons. The molecule has 0 saturated carbocycles. The lowest BCUT2D eigenvalue weighted by Gasteiger charge is -2.17. The fourth-order valence-electron chi connectivity index (χ4n) is 1.43. The van der Waals surface area contributed by atoms with Crippen molar-refractivity contribution < 1.29 is 19.4 Å². The predicted octanol–water partition coefficient (Wildman–Crippen LogP) is 1.43. The van der Waals surface area contributed by atoms with Crippen LogP contribution in [0.5, 0.6) is 5.75 Å². The van der Waals surface area contributed by atoms with Gasteiger partial charge in [-0.2, -0.15) is 0 Å². The van der Waals surface area contributed by atoms with Crippen molar-refractivity contribution in [3.63, 3.8) is 0 Å². The normalized spacial score (nSPS) is 13.4. The fourth-order valence-corrected chi connectivity index (χ4v) is 1.43. The minimum Gasteiger partial charge on any atom is -0.481 e. The van der Waals surface area contributed by atoms with Crippen molar-refractivity contribution in [2.75, 3.05) is 0 Å². The number of carboxylic acids is 1. The Morgan fingerprint density at radius 3 is 2.44 bits per heavy atom. The van der Waals surface area contributed by atoms with Crippen LogP contribution in [0.1, 0.15) is 20.3 Å². The van der Waals surface area contributed by atoms with Gasteiger partial charge in [-0.15, -0.1) is 0 Å². The maximum absolute atomic E-state index is 11.7. The molecule has 2 atom stereocenters. The van der Waals surface area contributed by atoms with E-state index in [0.717, 1.165) is 0 Å². The summed E-state index contributed by atoms with van der Waals surface area (Å²) in [6.45, 7) is 3.26. The lowest BCUT2D eigenvalue weighted by molar-refractivity contribution is -0.137. The molecule has 0 radical (unpaired) electrons. The fraction of sp³-hybridized carbons (Fsp3) is 0.385. The molecule has 2 N–H and O–H groups in total. The van der Waals surface area contributed by atoms with Crippen LogP contribution in [0, 0.1) is 0 Å². The van der Waals surface area contributed by atoms with Crippen LogP contribution >= 0.6 is 0 Å². The monoisotopic (exact) mass is 251 g/mol. The van der Waals surface area contributed by atoms with Gasteiger partial charge < -0.3 is 15.2 Å². The zero-order valence-electron chi connectivity index (χ0n) is 10.4. The lowest BCUT2D eigenvalue weighted by atomic mass is 10.2. The van der Waals surface area contributed by atoms with Crippen LogP contribution in [0.15, 0.2) is 30.3 Å². The molecule has 5 heteroatoms. The Morgan fingerprint density at radius 2 is 1.89 bits per heavy atom. The van der Waals surface area contributed by atoms with Gasteiger partial charge in [-0.25, -0.2) is 0 Å². The molecule has 0 aliphatic carbocycles. The average Bonchev–Trinajstić information content (AvgIpc) is 2.28. The van der Waals surface area contributed by atoms with E-state index in [-0.39, 0.29) is 12.3 Å². The number of carboxylic acid groups (broad SMARTS) is 1. The molecular formula is C13H17NO4. The van der Waals surface area contributed by atoms with Gasteiger partial charge in [0.25, 0.3) is 5.91 Å². The van der Waals surface area contributed by atoms with Crippen molar-refractivity contribution in [3.8, 4) is 5.75 Å². The number of hydrogen-bond acceptors (Lipinski definition) is 3. The van der Waals surface area contributed by atoms with E-state index in [4.69, 9.17) is 9.84 Å². The summed E-state index contributed by atoms with van der Waals surface area (Å²) >= 11 is 0. The molecule has 0 saturated heterocycles. The van der Waals surface area contributed by atoms with E-state index in [0.29, 0.717) is 5.75 Å². The summed E-state index contributed by atoms with van der Waals surface area (Å²) in [5, 5.41) is 11.2. The Balaban J connectivity index is 2.44. The topological polar surface area (TPSA) is 75.6 Å². The zero-order valence-corrected chi connectivity index (χ0v) is 10.4. The Kier molecular flexibility index (Phi) is 5.17. The predicted molar refractivity (Wildman–Crippen MR) is 66.4 cm³/mol. The second-order valence-corrected chi connectivity index (χ2v) is 4.08. The maximum Gasteiger partial charge on any atom is 0.305 e. The molecule has 0 spiro atoms. The molecule has 0 fully saturated rings. The third-order valence-electron chi connectivity index (χ3n) is 2.29. The van der Waals surface area contributed by atoms with Gasteiger partial charge in [-0.05, 0) is 26.0 Å². The molecule has 0 aliphatic heterocycles. The summed E-state index contributed by atoms with van der Waals surface area (Å²) in [6, 6.07) is 8.57. The van der Waals surface area contributed by atoms with Crippen molar-refractivity contribution in [3.05, 3.63) is 30.3 Å². The number of nitrogens with one attached hydrogen (secondary N) is 1. The van der Waals surface area contributed by atoms with Crippen LogP contribution in [-0.2, 0) is 9.59 Å². The maximum atomic E-state index is 11.7. The standard InChI is InChI=1S/C13H17NO4/c1-9(8-12(15)16)14-13(17)10(2)18-11-6-4-3-5-7-11/h3-7,9-10H,8H2,1-2H3,(H,14,17)(H,15,16). The molecule has 1 aromatic rings. The van der Waals surface area contributed by atoms with Crippen LogP contribution < -0.4 is 10.1 Å². The number of amides is 1. The van der Waals surface area contributed by atoms with Gasteiger partial charge in [0.05, 0.1) is 6.42 Å². The third-order valence-corrected chi connectivity index (χ3v) is 2.29. The first-order chi connectivity index (χ1) is 8.49. The van der Waals surface area contributed by atoms with Crippen LogP contribution in [0.4, 0.5) is 0 Å². The highest BCUT2D eigenvalue weighted by molar-refractivity contribution is 5.81. The molecule has 0 aromatic heterocycles. The second kappa shape index (κ2) is 6.64. The smallest absolute Gasteiger partial charge is 0.305 e. The Bertz CT molecular complexity index is 405.